The fraction of sp³-hybridized carbons (Fsp3) is 0.250. The van der Waals surface area contributed by atoms with Crippen molar-refractivity contribution in [1.29, 1.82) is 5.26 Å². The van der Waals surface area contributed by atoms with E-state index in [2.05, 4.69) is 4.98 Å². The highest BCUT2D eigenvalue weighted by molar-refractivity contribution is 5.32. The van der Waals surface area contributed by atoms with Crippen LogP contribution >= 0.6 is 0 Å². The zero-order chi connectivity index (χ0) is 9.14. The van der Waals surface area contributed by atoms with Crippen LogP contribution in [0.15, 0.2) is 6.07 Å². The molecule has 0 aliphatic rings. The van der Waals surface area contributed by atoms with Crippen molar-refractivity contribution in [2.24, 2.45) is 0 Å². The highest BCUT2D eigenvalue weighted by Crippen LogP contribution is 2.15. The van der Waals surface area contributed by atoms with Crippen LogP contribution in [0.2, 0.25) is 0 Å². The zero-order valence-corrected chi connectivity index (χ0v) is 6.76. The minimum absolute atomic E-state index is 0.230. The Morgan fingerprint density at radius 3 is 2.83 bits per heavy atom. The van der Waals surface area contributed by atoms with Crippen molar-refractivity contribution < 1.29 is 9.13 Å². The first kappa shape index (κ1) is 8.47. The number of hydrogen-bond donors (Lipinski definition) is 0. The minimum atomic E-state index is -0.585. The van der Waals surface area contributed by atoms with Crippen LogP contribution in [0.25, 0.3) is 0 Å². The predicted molar refractivity (Wildman–Crippen MR) is 40.2 cm³/mol. The number of hydrogen-bond acceptors (Lipinski definition) is 3. The second-order valence-corrected chi connectivity index (χ2v) is 2.26. The lowest BCUT2D eigenvalue weighted by molar-refractivity contribution is 0.394. The molecular weight excluding hydrogens is 159 g/mol. The second kappa shape index (κ2) is 3.18. The average Bonchev–Trinajstić information content (AvgIpc) is 2.09. The maximum absolute atomic E-state index is 13.0. The van der Waals surface area contributed by atoms with Crippen molar-refractivity contribution in [3.8, 4) is 11.9 Å². The Bertz CT molecular complexity index is 344. The smallest absolute Gasteiger partial charge is 0.214 e. The van der Waals surface area contributed by atoms with E-state index < -0.39 is 5.82 Å². The number of nitriles is 1. The molecule has 0 saturated carbocycles. The van der Waals surface area contributed by atoms with Gasteiger partial charge in [0.1, 0.15) is 6.07 Å². The molecule has 0 spiro atoms. The number of rotatable bonds is 1. The molecule has 1 aromatic heterocycles. The third kappa shape index (κ3) is 1.35. The molecule has 0 amide bonds. The number of aryl methyl sites for hydroxylation is 1. The van der Waals surface area contributed by atoms with E-state index in [-0.39, 0.29) is 11.6 Å². The lowest BCUT2D eigenvalue weighted by atomic mass is 10.2. The molecule has 1 aromatic rings. The monoisotopic (exact) mass is 166 g/mol. The van der Waals surface area contributed by atoms with Crippen molar-refractivity contribution in [3.05, 3.63) is 23.1 Å². The first-order chi connectivity index (χ1) is 5.69. The van der Waals surface area contributed by atoms with Gasteiger partial charge >= 0.3 is 0 Å². The van der Waals surface area contributed by atoms with Crippen molar-refractivity contribution in [1.82, 2.24) is 4.98 Å². The summed E-state index contributed by atoms with van der Waals surface area (Å²) in [5.74, 6) is -0.330. The van der Waals surface area contributed by atoms with Crippen molar-refractivity contribution in [2.45, 2.75) is 6.92 Å². The molecule has 1 rings (SSSR count). The summed E-state index contributed by atoms with van der Waals surface area (Å²) < 4.78 is 17.7. The summed E-state index contributed by atoms with van der Waals surface area (Å²) in [7, 11) is 1.42. The number of halogens is 1. The maximum atomic E-state index is 13.0. The summed E-state index contributed by atoms with van der Waals surface area (Å²) in [4.78, 5) is 3.61. The molecule has 1 heterocycles. The van der Waals surface area contributed by atoms with Crippen LogP contribution in [-0.2, 0) is 0 Å². The lowest BCUT2D eigenvalue weighted by Crippen LogP contribution is -1.96. The first-order valence-electron chi connectivity index (χ1n) is 3.30. The molecular formula is C8H7FN2O. The van der Waals surface area contributed by atoms with Crippen LogP contribution in [0.1, 0.15) is 11.3 Å². The molecule has 4 heteroatoms. The van der Waals surface area contributed by atoms with Crippen LogP contribution < -0.4 is 4.74 Å². The van der Waals surface area contributed by atoms with Crippen LogP contribution in [0.5, 0.6) is 5.88 Å². The molecule has 0 radical (unpaired) electrons. The minimum Gasteiger partial charge on any atom is -0.481 e. The lowest BCUT2D eigenvalue weighted by Gasteiger charge is -2.01. The Morgan fingerprint density at radius 2 is 2.33 bits per heavy atom. The van der Waals surface area contributed by atoms with Gasteiger partial charge in [-0.2, -0.15) is 10.2 Å². The number of pyridine rings is 1. The van der Waals surface area contributed by atoms with Crippen molar-refractivity contribution in [3.63, 3.8) is 0 Å². The fourth-order valence-electron chi connectivity index (χ4n) is 0.806. The first-order valence-corrected chi connectivity index (χ1v) is 3.30. The molecule has 0 aromatic carbocycles. The summed E-state index contributed by atoms with van der Waals surface area (Å²) in [5, 5.41) is 8.45. The fourth-order valence-corrected chi connectivity index (χ4v) is 0.806. The molecule has 0 fully saturated rings. The zero-order valence-electron chi connectivity index (χ0n) is 6.76. The molecule has 0 bridgehead atoms. The normalized spacial score (nSPS) is 9.17. The Balaban J connectivity index is 3.31. The van der Waals surface area contributed by atoms with Gasteiger partial charge in [0.25, 0.3) is 0 Å². The highest BCUT2D eigenvalue weighted by atomic mass is 19.1. The number of aromatic nitrogens is 1. The van der Waals surface area contributed by atoms with Gasteiger partial charge < -0.3 is 4.74 Å². The van der Waals surface area contributed by atoms with Crippen molar-refractivity contribution >= 4 is 0 Å². The molecule has 3 nitrogen and oxygen atoms in total. The summed E-state index contributed by atoms with van der Waals surface area (Å²) >= 11 is 0. The van der Waals surface area contributed by atoms with Gasteiger partial charge in [-0.3, -0.25) is 0 Å². The maximum Gasteiger partial charge on any atom is 0.214 e. The van der Waals surface area contributed by atoms with Crippen LogP contribution in [-0.4, -0.2) is 12.1 Å². The summed E-state index contributed by atoms with van der Waals surface area (Å²) in [6.45, 7) is 1.56. The Hall–Kier alpha value is -1.63. The summed E-state index contributed by atoms with van der Waals surface area (Å²) in [6, 6.07) is 3.09. The molecule has 12 heavy (non-hydrogen) atoms. The van der Waals surface area contributed by atoms with E-state index in [1.54, 1.807) is 13.0 Å². The quantitative estimate of drug-likeness (QED) is 0.633. The Labute approximate surface area is 69.4 Å². The van der Waals surface area contributed by atoms with E-state index in [0.717, 1.165) is 0 Å². The van der Waals surface area contributed by atoms with E-state index in [4.69, 9.17) is 10.00 Å². The third-order valence-corrected chi connectivity index (χ3v) is 1.43. The van der Waals surface area contributed by atoms with Gasteiger partial charge in [0, 0.05) is 6.07 Å². The number of methoxy groups -OCH3 is 1. The molecule has 0 unspecified atom stereocenters. The van der Waals surface area contributed by atoms with Gasteiger partial charge in [0.15, 0.2) is 11.5 Å². The topological polar surface area (TPSA) is 45.9 Å². The number of ether oxygens (including phenoxy) is 1. The summed E-state index contributed by atoms with van der Waals surface area (Å²) in [6.07, 6.45) is 0. The van der Waals surface area contributed by atoms with Crippen LogP contribution in [0.3, 0.4) is 0 Å². The Morgan fingerprint density at radius 1 is 1.67 bits per heavy atom. The molecule has 0 saturated heterocycles. The summed E-state index contributed by atoms with van der Waals surface area (Å²) in [5.41, 5.74) is 0.130. The van der Waals surface area contributed by atoms with Crippen LogP contribution in [0.4, 0.5) is 4.39 Å². The molecule has 62 valence electrons. The average molecular weight is 166 g/mol. The predicted octanol–water partition coefficient (Wildman–Crippen LogP) is 1.41. The van der Waals surface area contributed by atoms with E-state index in [1.807, 2.05) is 0 Å². The van der Waals surface area contributed by atoms with Gasteiger partial charge in [0.05, 0.1) is 7.11 Å². The van der Waals surface area contributed by atoms with Gasteiger partial charge in [0.2, 0.25) is 5.88 Å². The van der Waals surface area contributed by atoms with E-state index in [0.29, 0.717) is 5.56 Å². The molecule has 0 aliphatic heterocycles. The SMILES string of the molecule is COc1cc(C)c(F)c(C#N)n1. The third-order valence-electron chi connectivity index (χ3n) is 1.43. The van der Waals surface area contributed by atoms with E-state index in [9.17, 15) is 4.39 Å². The van der Waals surface area contributed by atoms with Gasteiger partial charge in [-0.25, -0.2) is 4.39 Å². The standard InChI is InChI=1S/C8H7FN2O/c1-5-3-7(12-2)11-6(4-10)8(5)9/h3H,1-2H3. The van der Waals surface area contributed by atoms with Gasteiger partial charge in [-0.1, -0.05) is 0 Å². The number of nitrogens with zero attached hydrogens (tertiary/aromatic N) is 2. The van der Waals surface area contributed by atoms with E-state index >= 15 is 0 Å². The molecule has 0 atom stereocenters. The molecule has 0 aliphatic carbocycles. The van der Waals surface area contributed by atoms with E-state index in [1.165, 1.54) is 13.2 Å². The molecule has 0 N–H and O–H groups in total. The Kier molecular flexibility index (Phi) is 2.24. The largest absolute Gasteiger partial charge is 0.481 e. The van der Waals surface area contributed by atoms with Gasteiger partial charge in [-0.05, 0) is 12.5 Å². The highest BCUT2D eigenvalue weighted by Gasteiger charge is 2.08. The second-order valence-electron chi connectivity index (χ2n) is 2.26. The van der Waals surface area contributed by atoms with Crippen molar-refractivity contribution in [2.75, 3.05) is 7.11 Å². The van der Waals surface area contributed by atoms with Crippen LogP contribution in [0, 0.1) is 24.1 Å². The van der Waals surface area contributed by atoms with Gasteiger partial charge in [-0.15, -0.1) is 0 Å².